The van der Waals surface area contributed by atoms with Crippen molar-refractivity contribution in [3.8, 4) is 0 Å². The third kappa shape index (κ3) is 5.88. The van der Waals surface area contributed by atoms with Crippen LogP contribution in [0.4, 0.5) is 0 Å². The zero-order chi connectivity index (χ0) is 22.4. The second-order valence-electron chi connectivity index (χ2n) is 8.84. The minimum atomic E-state index is -0.725. The van der Waals surface area contributed by atoms with Gasteiger partial charge in [-0.05, 0) is 36.3 Å². The molecule has 2 aromatic rings. The highest BCUT2D eigenvalue weighted by Gasteiger charge is 2.35. The molecule has 2 aromatic carbocycles. The maximum Gasteiger partial charge on any atom is 0.247 e. The summed E-state index contributed by atoms with van der Waals surface area (Å²) in [7, 11) is 0. The van der Waals surface area contributed by atoms with Crippen LogP contribution in [0.5, 0.6) is 0 Å². The third-order valence-corrected chi connectivity index (χ3v) is 6.85. The molecule has 166 valence electrons. The van der Waals surface area contributed by atoms with E-state index >= 15 is 0 Å². The van der Waals surface area contributed by atoms with Crippen molar-refractivity contribution in [1.82, 2.24) is 10.2 Å². The van der Waals surface area contributed by atoms with Gasteiger partial charge in [0, 0.05) is 12.6 Å². The molecular weight excluding hydrogens is 408 g/mol. The predicted molar refractivity (Wildman–Crippen MR) is 126 cm³/mol. The predicted octanol–water partition coefficient (Wildman–Crippen LogP) is 5.24. The number of carbonyl (C=O) groups is 2. The van der Waals surface area contributed by atoms with Crippen molar-refractivity contribution >= 4 is 23.4 Å². The summed E-state index contributed by atoms with van der Waals surface area (Å²) in [5.41, 5.74) is 2.87. The summed E-state index contributed by atoms with van der Waals surface area (Å²) in [6.07, 6.45) is 3.28. The molecule has 4 atom stereocenters. The van der Waals surface area contributed by atoms with Crippen LogP contribution >= 0.6 is 11.6 Å². The van der Waals surface area contributed by atoms with Gasteiger partial charge in [-0.2, -0.15) is 0 Å². The van der Waals surface area contributed by atoms with E-state index in [0.717, 1.165) is 29.5 Å². The number of carbonyl (C=O) groups excluding carboxylic acids is 2. The minimum absolute atomic E-state index is 0.119. The van der Waals surface area contributed by atoms with Crippen LogP contribution in [-0.2, 0) is 16.1 Å². The maximum absolute atomic E-state index is 13.7. The number of nitrogens with zero attached hydrogens (tertiary/aromatic N) is 1. The van der Waals surface area contributed by atoms with Crippen LogP contribution in [0.3, 0.4) is 0 Å². The minimum Gasteiger partial charge on any atom is -0.351 e. The number of halogens is 1. The average Bonchev–Trinajstić information content (AvgIpc) is 2.78. The lowest BCUT2D eigenvalue weighted by Crippen LogP contribution is -2.50. The number of hydrogen-bond acceptors (Lipinski definition) is 2. The summed E-state index contributed by atoms with van der Waals surface area (Å²) in [6.45, 7) is 6.80. The lowest BCUT2D eigenvalue weighted by molar-refractivity contribution is -0.140. The monoisotopic (exact) mass is 440 g/mol. The van der Waals surface area contributed by atoms with Gasteiger partial charge in [0.05, 0.1) is 0 Å². The summed E-state index contributed by atoms with van der Waals surface area (Å²) in [5.74, 6) is 0.421. The van der Waals surface area contributed by atoms with Crippen LogP contribution in [0.15, 0.2) is 54.6 Å². The van der Waals surface area contributed by atoms with Gasteiger partial charge in [0.1, 0.15) is 11.9 Å². The van der Waals surface area contributed by atoms with E-state index in [9.17, 15) is 9.59 Å². The van der Waals surface area contributed by atoms with Crippen molar-refractivity contribution in [2.75, 3.05) is 5.88 Å². The van der Waals surface area contributed by atoms with Gasteiger partial charge in [0.15, 0.2) is 0 Å². The number of alkyl halides is 1. The number of hydrogen-bond donors (Lipinski definition) is 1. The lowest BCUT2D eigenvalue weighted by atomic mass is 9.78. The van der Waals surface area contributed by atoms with E-state index in [2.05, 4.69) is 19.2 Å². The Bertz CT molecular complexity index is 869. The van der Waals surface area contributed by atoms with Gasteiger partial charge in [0.2, 0.25) is 11.8 Å². The Morgan fingerprint density at radius 1 is 1.06 bits per heavy atom. The normalized spacial score (nSPS) is 21.9. The molecule has 1 fully saturated rings. The Labute approximate surface area is 191 Å². The van der Waals surface area contributed by atoms with Crippen molar-refractivity contribution in [3.05, 3.63) is 71.3 Å². The first-order chi connectivity index (χ1) is 14.9. The molecule has 0 spiro atoms. The topological polar surface area (TPSA) is 49.4 Å². The van der Waals surface area contributed by atoms with Gasteiger partial charge < -0.3 is 10.2 Å². The highest BCUT2D eigenvalue weighted by molar-refractivity contribution is 6.27. The molecule has 0 aliphatic heterocycles. The Kier molecular flexibility index (Phi) is 8.14. The number of nitrogens with one attached hydrogen (secondary N) is 1. The highest BCUT2D eigenvalue weighted by Crippen LogP contribution is 2.31. The molecule has 0 heterocycles. The summed E-state index contributed by atoms with van der Waals surface area (Å²) in [6, 6.07) is 17.0. The van der Waals surface area contributed by atoms with E-state index in [1.54, 1.807) is 4.90 Å². The van der Waals surface area contributed by atoms with Crippen LogP contribution in [0, 0.1) is 18.8 Å². The molecular formula is C26H33ClN2O2. The highest BCUT2D eigenvalue weighted by atomic mass is 35.5. The zero-order valence-corrected chi connectivity index (χ0v) is 19.4. The van der Waals surface area contributed by atoms with E-state index in [4.69, 9.17) is 11.6 Å². The first-order valence-electron chi connectivity index (χ1n) is 11.2. The van der Waals surface area contributed by atoms with Gasteiger partial charge in [-0.3, -0.25) is 9.59 Å². The van der Waals surface area contributed by atoms with E-state index in [-0.39, 0.29) is 23.7 Å². The smallest absolute Gasteiger partial charge is 0.247 e. The molecule has 1 N–H and O–H groups in total. The Morgan fingerprint density at radius 3 is 2.39 bits per heavy atom. The molecule has 5 heteroatoms. The second-order valence-corrected chi connectivity index (χ2v) is 9.10. The Morgan fingerprint density at radius 2 is 1.74 bits per heavy atom. The molecule has 0 aromatic heterocycles. The van der Waals surface area contributed by atoms with Gasteiger partial charge in [-0.25, -0.2) is 0 Å². The molecule has 1 aliphatic rings. The first kappa shape index (κ1) is 23.3. The summed E-state index contributed by atoms with van der Waals surface area (Å²) < 4.78 is 0. The van der Waals surface area contributed by atoms with E-state index in [1.165, 1.54) is 6.42 Å². The fourth-order valence-corrected chi connectivity index (χ4v) is 4.60. The molecule has 1 saturated carbocycles. The van der Waals surface area contributed by atoms with Crippen molar-refractivity contribution in [2.45, 2.75) is 58.7 Å². The van der Waals surface area contributed by atoms with Crippen LogP contribution < -0.4 is 5.32 Å². The first-order valence-corrected chi connectivity index (χ1v) is 11.7. The van der Waals surface area contributed by atoms with Gasteiger partial charge in [0.25, 0.3) is 0 Å². The zero-order valence-electron chi connectivity index (χ0n) is 18.7. The van der Waals surface area contributed by atoms with E-state index < -0.39 is 6.04 Å². The summed E-state index contributed by atoms with van der Waals surface area (Å²) >= 11 is 5.99. The van der Waals surface area contributed by atoms with Crippen LogP contribution in [0.1, 0.15) is 55.8 Å². The number of rotatable bonds is 7. The number of aryl methyl sites for hydroxylation is 1. The summed E-state index contributed by atoms with van der Waals surface area (Å²) in [4.78, 5) is 28.2. The fourth-order valence-electron chi connectivity index (χ4n) is 4.45. The molecule has 0 unspecified atom stereocenters. The number of benzene rings is 2. The summed E-state index contributed by atoms with van der Waals surface area (Å²) in [5, 5.41) is 3.28. The molecule has 4 nitrogen and oxygen atoms in total. The maximum atomic E-state index is 13.7. The third-order valence-electron chi connectivity index (χ3n) is 6.62. The van der Waals surface area contributed by atoms with Crippen molar-refractivity contribution in [2.24, 2.45) is 11.8 Å². The molecule has 31 heavy (non-hydrogen) atoms. The van der Waals surface area contributed by atoms with Crippen LogP contribution in [0.25, 0.3) is 0 Å². The fraction of sp³-hybridized carbons (Fsp3) is 0.462. The SMILES string of the molecule is Cc1ccc([C@H](C(=O)N[C@@H]2CCC[C@@H](C)[C@H]2C)N(Cc2ccccc2)C(=O)CCl)cc1. The molecule has 2 amide bonds. The van der Waals surface area contributed by atoms with Gasteiger partial charge in [-0.15, -0.1) is 11.6 Å². The van der Waals surface area contributed by atoms with Gasteiger partial charge in [-0.1, -0.05) is 86.8 Å². The lowest BCUT2D eigenvalue weighted by Gasteiger charge is -2.37. The second kappa shape index (κ2) is 10.8. The Hall–Kier alpha value is -2.33. The molecule has 0 bridgehead atoms. The van der Waals surface area contributed by atoms with Crippen molar-refractivity contribution in [3.63, 3.8) is 0 Å². The van der Waals surface area contributed by atoms with Gasteiger partial charge >= 0.3 is 0 Å². The van der Waals surface area contributed by atoms with Crippen LogP contribution in [0.2, 0.25) is 0 Å². The van der Waals surface area contributed by atoms with E-state index in [0.29, 0.717) is 18.4 Å². The Balaban J connectivity index is 1.94. The standard InChI is InChI=1S/C26H33ClN2O2/c1-18-12-14-22(15-13-18)25(26(31)28-23-11-7-8-19(2)20(23)3)29(24(30)16-27)17-21-9-5-4-6-10-21/h4-6,9-10,12-15,19-20,23,25H,7-8,11,16-17H2,1-3H3,(H,28,31)/t19-,20-,23-,25-/m1/s1. The quantitative estimate of drug-likeness (QED) is 0.598. The number of amides is 2. The van der Waals surface area contributed by atoms with E-state index in [1.807, 2.05) is 61.5 Å². The molecule has 3 rings (SSSR count). The van der Waals surface area contributed by atoms with Crippen molar-refractivity contribution < 1.29 is 9.59 Å². The molecule has 1 aliphatic carbocycles. The molecule has 0 saturated heterocycles. The molecule has 0 radical (unpaired) electrons. The van der Waals surface area contributed by atoms with Crippen molar-refractivity contribution in [1.29, 1.82) is 0 Å². The average molecular weight is 441 g/mol. The van der Waals surface area contributed by atoms with Crippen LogP contribution in [-0.4, -0.2) is 28.6 Å². The largest absolute Gasteiger partial charge is 0.351 e.